The van der Waals surface area contributed by atoms with Crippen LogP contribution >= 0.6 is 0 Å². The van der Waals surface area contributed by atoms with Gasteiger partial charge in [0.25, 0.3) is 0 Å². The molecule has 0 bridgehead atoms. The maximum atomic E-state index is 11.6. The molecule has 0 saturated heterocycles. The van der Waals surface area contributed by atoms with Crippen molar-refractivity contribution in [2.24, 2.45) is 5.73 Å². The number of amides is 1. The van der Waals surface area contributed by atoms with Crippen molar-refractivity contribution in [3.63, 3.8) is 0 Å². The Balaban J connectivity index is 2.39. The first-order valence-corrected chi connectivity index (χ1v) is 8.48. The Kier molecular flexibility index (Phi) is 6.60. The molecule has 0 aromatic carbocycles. The molecule has 0 fully saturated rings. The summed E-state index contributed by atoms with van der Waals surface area (Å²) in [5, 5.41) is 2.69. The zero-order chi connectivity index (χ0) is 15.0. The van der Waals surface area contributed by atoms with Crippen LogP contribution in [-0.2, 0) is 14.6 Å². The van der Waals surface area contributed by atoms with E-state index in [1.807, 2.05) is 0 Å². The van der Waals surface area contributed by atoms with Gasteiger partial charge in [-0.3, -0.25) is 4.79 Å². The van der Waals surface area contributed by atoms with Crippen molar-refractivity contribution in [2.75, 3.05) is 18.1 Å². The van der Waals surface area contributed by atoms with E-state index in [0.717, 1.165) is 31.9 Å². The van der Waals surface area contributed by atoms with Crippen LogP contribution in [0, 0.1) is 0 Å². The SMILES string of the molecule is CS(=O)(=O)c1ccc(NC(=O)CCCCCCN)cn1. The maximum absolute atomic E-state index is 11.6. The van der Waals surface area contributed by atoms with E-state index in [1.165, 1.54) is 18.3 Å². The number of unbranched alkanes of at least 4 members (excludes halogenated alkanes) is 3. The van der Waals surface area contributed by atoms with Crippen molar-refractivity contribution >= 4 is 21.4 Å². The number of hydrogen-bond acceptors (Lipinski definition) is 5. The van der Waals surface area contributed by atoms with Crippen molar-refractivity contribution in [1.82, 2.24) is 4.98 Å². The molecule has 0 aliphatic carbocycles. The van der Waals surface area contributed by atoms with E-state index in [0.29, 0.717) is 18.7 Å². The Morgan fingerprint density at radius 3 is 2.50 bits per heavy atom. The molecular formula is C13H21N3O3S. The van der Waals surface area contributed by atoms with E-state index in [2.05, 4.69) is 10.3 Å². The number of nitrogens with two attached hydrogens (primary N) is 1. The summed E-state index contributed by atoms with van der Waals surface area (Å²) in [4.78, 5) is 15.5. The minimum absolute atomic E-state index is 0.00252. The molecule has 1 heterocycles. The Morgan fingerprint density at radius 2 is 1.95 bits per heavy atom. The molecule has 0 saturated carbocycles. The smallest absolute Gasteiger partial charge is 0.224 e. The number of nitrogens with one attached hydrogen (secondary N) is 1. The van der Waals surface area contributed by atoms with Gasteiger partial charge in [-0.05, 0) is 31.5 Å². The highest BCUT2D eigenvalue weighted by molar-refractivity contribution is 7.90. The number of aromatic nitrogens is 1. The van der Waals surface area contributed by atoms with Gasteiger partial charge in [0.05, 0.1) is 11.9 Å². The quantitative estimate of drug-likeness (QED) is 0.705. The van der Waals surface area contributed by atoms with Crippen molar-refractivity contribution in [3.05, 3.63) is 18.3 Å². The van der Waals surface area contributed by atoms with Gasteiger partial charge in [0.2, 0.25) is 5.91 Å². The topological polar surface area (TPSA) is 102 Å². The van der Waals surface area contributed by atoms with Gasteiger partial charge in [-0.25, -0.2) is 13.4 Å². The number of carbonyl (C=O) groups is 1. The number of rotatable bonds is 8. The molecular weight excluding hydrogens is 278 g/mol. The van der Waals surface area contributed by atoms with Crippen LogP contribution in [0.5, 0.6) is 0 Å². The van der Waals surface area contributed by atoms with Crippen LogP contribution < -0.4 is 11.1 Å². The summed E-state index contributed by atoms with van der Waals surface area (Å²) < 4.78 is 22.5. The van der Waals surface area contributed by atoms with Crippen LogP contribution in [-0.4, -0.2) is 32.1 Å². The highest BCUT2D eigenvalue weighted by Gasteiger charge is 2.09. The molecule has 20 heavy (non-hydrogen) atoms. The van der Waals surface area contributed by atoms with Gasteiger partial charge >= 0.3 is 0 Å². The lowest BCUT2D eigenvalue weighted by molar-refractivity contribution is -0.116. The lowest BCUT2D eigenvalue weighted by Crippen LogP contribution is -2.11. The van der Waals surface area contributed by atoms with Crippen molar-refractivity contribution in [2.45, 2.75) is 37.1 Å². The van der Waals surface area contributed by atoms with Gasteiger partial charge in [-0.2, -0.15) is 0 Å². The van der Waals surface area contributed by atoms with Crippen molar-refractivity contribution in [3.8, 4) is 0 Å². The molecule has 1 amide bonds. The molecule has 0 aliphatic heterocycles. The number of carbonyl (C=O) groups excluding carboxylic acids is 1. The third-order valence-electron chi connectivity index (χ3n) is 2.76. The van der Waals surface area contributed by atoms with E-state index in [4.69, 9.17) is 5.73 Å². The predicted octanol–water partition coefficient (Wildman–Crippen LogP) is 1.33. The average molecular weight is 299 g/mol. The maximum Gasteiger partial charge on any atom is 0.224 e. The van der Waals surface area contributed by atoms with Crippen LogP contribution in [0.2, 0.25) is 0 Å². The molecule has 0 aliphatic rings. The molecule has 0 spiro atoms. The number of hydrogen-bond donors (Lipinski definition) is 2. The van der Waals surface area contributed by atoms with E-state index in [1.54, 1.807) is 0 Å². The second kappa shape index (κ2) is 7.96. The fourth-order valence-electron chi connectivity index (χ4n) is 1.68. The lowest BCUT2D eigenvalue weighted by Gasteiger charge is -2.05. The van der Waals surface area contributed by atoms with Crippen LogP contribution in [0.1, 0.15) is 32.1 Å². The Labute approximate surface area is 119 Å². The molecule has 0 radical (unpaired) electrons. The van der Waals surface area contributed by atoms with Crippen molar-refractivity contribution in [1.29, 1.82) is 0 Å². The molecule has 1 aromatic heterocycles. The highest BCUT2D eigenvalue weighted by Crippen LogP contribution is 2.11. The highest BCUT2D eigenvalue weighted by atomic mass is 32.2. The van der Waals surface area contributed by atoms with Gasteiger partial charge < -0.3 is 11.1 Å². The van der Waals surface area contributed by atoms with Crippen LogP contribution in [0.3, 0.4) is 0 Å². The summed E-state index contributed by atoms with van der Waals surface area (Å²) in [7, 11) is -3.31. The first-order chi connectivity index (χ1) is 9.43. The third-order valence-corrected chi connectivity index (χ3v) is 3.76. The monoisotopic (exact) mass is 299 g/mol. The van der Waals surface area contributed by atoms with E-state index < -0.39 is 9.84 Å². The summed E-state index contributed by atoms with van der Waals surface area (Å²) in [6.45, 7) is 0.685. The first kappa shape index (κ1) is 16.6. The molecule has 0 atom stereocenters. The van der Waals surface area contributed by atoms with Gasteiger partial charge in [0.1, 0.15) is 0 Å². The first-order valence-electron chi connectivity index (χ1n) is 6.59. The minimum atomic E-state index is -3.31. The van der Waals surface area contributed by atoms with Gasteiger partial charge in [0, 0.05) is 12.7 Å². The zero-order valence-electron chi connectivity index (χ0n) is 11.6. The van der Waals surface area contributed by atoms with E-state index >= 15 is 0 Å². The van der Waals surface area contributed by atoms with E-state index in [9.17, 15) is 13.2 Å². The summed E-state index contributed by atoms with van der Waals surface area (Å²) in [6, 6.07) is 2.92. The largest absolute Gasteiger partial charge is 0.330 e. The third kappa shape index (κ3) is 6.12. The number of nitrogens with zero attached hydrogens (tertiary/aromatic N) is 1. The average Bonchev–Trinajstić information content (AvgIpc) is 2.38. The molecule has 0 unspecified atom stereocenters. The summed E-state index contributed by atoms with van der Waals surface area (Å²) in [5.74, 6) is -0.0911. The molecule has 7 heteroatoms. The van der Waals surface area contributed by atoms with Gasteiger partial charge in [-0.1, -0.05) is 12.8 Å². The fraction of sp³-hybridized carbons (Fsp3) is 0.538. The normalized spacial score (nSPS) is 11.3. The summed E-state index contributed by atoms with van der Waals surface area (Å²) in [5.41, 5.74) is 5.89. The predicted molar refractivity (Wildman–Crippen MR) is 78.1 cm³/mol. The number of anilines is 1. The minimum Gasteiger partial charge on any atom is -0.330 e. The summed E-state index contributed by atoms with van der Waals surface area (Å²) in [6.07, 6.45) is 6.71. The Morgan fingerprint density at radius 1 is 1.25 bits per heavy atom. The Bertz CT molecular complexity index is 526. The van der Waals surface area contributed by atoms with Crippen LogP contribution in [0.4, 0.5) is 5.69 Å². The molecule has 3 N–H and O–H groups in total. The Hall–Kier alpha value is -1.47. The van der Waals surface area contributed by atoms with Gasteiger partial charge in [0.15, 0.2) is 14.9 Å². The molecule has 6 nitrogen and oxygen atoms in total. The molecule has 112 valence electrons. The standard InChI is InChI=1S/C13H21N3O3S/c1-20(18,19)13-8-7-11(10-15-13)16-12(17)6-4-2-3-5-9-14/h7-8,10H,2-6,9,14H2,1H3,(H,16,17). The van der Waals surface area contributed by atoms with Gasteiger partial charge in [-0.15, -0.1) is 0 Å². The zero-order valence-corrected chi connectivity index (χ0v) is 12.4. The van der Waals surface area contributed by atoms with Crippen molar-refractivity contribution < 1.29 is 13.2 Å². The van der Waals surface area contributed by atoms with Crippen LogP contribution in [0.15, 0.2) is 23.4 Å². The van der Waals surface area contributed by atoms with E-state index in [-0.39, 0.29) is 10.9 Å². The lowest BCUT2D eigenvalue weighted by atomic mass is 10.1. The second-order valence-corrected chi connectivity index (χ2v) is 6.62. The second-order valence-electron chi connectivity index (χ2n) is 4.66. The molecule has 1 rings (SSSR count). The fourth-order valence-corrected chi connectivity index (χ4v) is 2.24. The molecule has 1 aromatic rings. The number of sulfone groups is 1. The summed E-state index contributed by atoms with van der Waals surface area (Å²) >= 11 is 0. The number of pyridine rings is 1. The van der Waals surface area contributed by atoms with Crippen LogP contribution in [0.25, 0.3) is 0 Å².